The number of nitrogens with two attached hydrogens (primary N) is 1. The minimum atomic E-state index is -1.04. The van der Waals surface area contributed by atoms with Crippen molar-refractivity contribution in [2.24, 2.45) is 0 Å². The summed E-state index contributed by atoms with van der Waals surface area (Å²) >= 11 is 1.42. The predicted molar refractivity (Wildman–Crippen MR) is 70.9 cm³/mol. The van der Waals surface area contributed by atoms with E-state index < -0.39 is 5.97 Å². The number of carbonyl (C=O) groups is 1. The van der Waals surface area contributed by atoms with Crippen LogP contribution in [-0.4, -0.2) is 16.1 Å². The van der Waals surface area contributed by atoms with Crippen molar-refractivity contribution >= 4 is 23.4 Å². The van der Waals surface area contributed by atoms with E-state index in [1.807, 2.05) is 31.2 Å². The summed E-state index contributed by atoms with van der Waals surface area (Å²) in [6.45, 7) is 2.00. The second-order valence-corrected chi connectivity index (χ2v) is 4.84. The van der Waals surface area contributed by atoms with Gasteiger partial charge in [-0.15, -0.1) is 0 Å². The molecular formula is C13H12N2O2S. The molecule has 1 aromatic heterocycles. The Morgan fingerprint density at radius 1 is 1.39 bits per heavy atom. The monoisotopic (exact) mass is 260 g/mol. The molecule has 0 bridgehead atoms. The first kappa shape index (κ1) is 12.4. The van der Waals surface area contributed by atoms with Crippen LogP contribution in [0.15, 0.2) is 46.5 Å². The molecule has 0 radical (unpaired) electrons. The van der Waals surface area contributed by atoms with E-state index in [-0.39, 0.29) is 11.3 Å². The molecule has 2 aromatic rings. The van der Waals surface area contributed by atoms with Crippen molar-refractivity contribution in [3.05, 3.63) is 47.7 Å². The number of anilines is 1. The van der Waals surface area contributed by atoms with Gasteiger partial charge in [0.2, 0.25) is 0 Å². The highest BCUT2D eigenvalue weighted by atomic mass is 32.2. The van der Waals surface area contributed by atoms with E-state index in [0.717, 1.165) is 10.5 Å². The van der Waals surface area contributed by atoms with Gasteiger partial charge in [-0.3, -0.25) is 0 Å². The van der Waals surface area contributed by atoms with Gasteiger partial charge in [0.15, 0.2) is 0 Å². The van der Waals surface area contributed by atoms with Crippen LogP contribution in [0.2, 0.25) is 0 Å². The number of aryl methyl sites for hydroxylation is 1. The minimum Gasteiger partial charge on any atom is -0.478 e. The molecule has 4 nitrogen and oxygen atoms in total. The summed E-state index contributed by atoms with van der Waals surface area (Å²) < 4.78 is 0. The summed E-state index contributed by atoms with van der Waals surface area (Å²) in [6.07, 6.45) is 1.38. The average molecular weight is 260 g/mol. The normalized spacial score (nSPS) is 10.3. The number of hydrogen-bond donors (Lipinski definition) is 2. The van der Waals surface area contributed by atoms with Crippen molar-refractivity contribution < 1.29 is 9.90 Å². The Bertz CT molecular complexity index is 599. The quantitative estimate of drug-likeness (QED) is 0.887. The van der Waals surface area contributed by atoms with Crippen LogP contribution in [0.4, 0.5) is 5.69 Å². The molecular weight excluding hydrogens is 248 g/mol. The van der Waals surface area contributed by atoms with Gasteiger partial charge in [-0.05, 0) is 24.6 Å². The SMILES string of the molecule is Cc1ccccc1Sc1cc(C(=O)O)c(N)cn1. The van der Waals surface area contributed by atoms with E-state index in [9.17, 15) is 4.79 Å². The zero-order chi connectivity index (χ0) is 13.1. The van der Waals surface area contributed by atoms with E-state index in [0.29, 0.717) is 5.03 Å². The zero-order valence-corrected chi connectivity index (χ0v) is 10.6. The summed E-state index contributed by atoms with van der Waals surface area (Å²) in [4.78, 5) is 16.2. The Morgan fingerprint density at radius 2 is 2.11 bits per heavy atom. The summed E-state index contributed by atoms with van der Waals surface area (Å²) in [7, 11) is 0. The van der Waals surface area contributed by atoms with E-state index in [2.05, 4.69) is 4.98 Å². The van der Waals surface area contributed by atoms with Gasteiger partial charge in [-0.2, -0.15) is 0 Å². The molecule has 0 amide bonds. The molecule has 1 aromatic carbocycles. The van der Waals surface area contributed by atoms with Crippen molar-refractivity contribution in [1.82, 2.24) is 4.98 Å². The van der Waals surface area contributed by atoms with Gasteiger partial charge in [0.25, 0.3) is 0 Å². The molecule has 0 aliphatic rings. The fourth-order valence-corrected chi connectivity index (χ4v) is 2.35. The second kappa shape index (κ2) is 5.10. The van der Waals surface area contributed by atoms with Crippen LogP contribution in [0.1, 0.15) is 15.9 Å². The van der Waals surface area contributed by atoms with Crippen LogP contribution in [0.5, 0.6) is 0 Å². The van der Waals surface area contributed by atoms with Crippen molar-refractivity contribution in [2.75, 3.05) is 5.73 Å². The van der Waals surface area contributed by atoms with Gasteiger partial charge >= 0.3 is 5.97 Å². The Morgan fingerprint density at radius 3 is 2.78 bits per heavy atom. The lowest BCUT2D eigenvalue weighted by atomic mass is 10.2. The van der Waals surface area contributed by atoms with E-state index in [4.69, 9.17) is 10.8 Å². The molecule has 0 aliphatic carbocycles. The van der Waals surface area contributed by atoms with Crippen molar-refractivity contribution in [3.63, 3.8) is 0 Å². The molecule has 0 unspecified atom stereocenters. The molecule has 18 heavy (non-hydrogen) atoms. The van der Waals surface area contributed by atoms with Gasteiger partial charge in [-0.25, -0.2) is 9.78 Å². The lowest BCUT2D eigenvalue weighted by Crippen LogP contribution is -2.03. The highest BCUT2D eigenvalue weighted by molar-refractivity contribution is 7.99. The molecule has 92 valence electrons. The van der Waals surface area contributed by atoms with Gasteiger partial charge in [0.1, 0.15) is 5.03 Å². The Kier molecular flexibility index (Phi) is 3.53. The standard InChI is InChI=1S/C13H12N2O2S/c1-8-4-2-3-5-11(8)18-12-6-9(13(16)17)10(14)7-15-12/h2-7H,14H2,1H3,(H,16,17). The summed E-state index contributed by atoms with van der Waals surface area (Å²) in [5.74, 6) is -1.04. The fraction of sp³-hybridized carbons (Fsp3) is 0.0769. The van der Waals surface area contributed by atoms with Gasteiger partial charge in [-0.1, -0.05) is 30.0 Å². The second-order valence-electron chi connectivity index (χ2n) is 3.78. The Hall–Kier alpha value is -2.01. The maximum Gasteiger partial charge on any atom is 0.337 e. The topological polar surface area (TPSA) is 76.2 Å². The van der Waals surface area contributed by atoms with Gasteiger partial charge in [0, 0.05) is 4.90 Å². The van der Waals surface area contributed by atoms with Crippen LogP contribution in [-0.2, 0) is 0 Å². The van der Waals surface area contributed by atoms with Gasteiger partial charge in [0.05, 0.1) is 17.4 Å². The number of carboxylic acid groups (broad SMARTS) is 1. The number of nitrogen functional groups attached to an aromatic ring is 1. The maximum absolute atomic E-state index is 11.0. The highest BCUT2D eigenvalue weighted by Gasteiger charge is 2.10. The number of aromatic carboxylic acids is 1. The molecule has 0 saturated heterocycles. The lowest BCUT2D eigenvalue weighted by molar-refractivity contribution is 0.0697. The third-order valence-corrected chi connectivity index (χ3v) is 3.56. The first-order chi connectivity index (χ1) is 8.58. The molecule has 5 heteroatoms. The van der Waals surface area contributed by atoms with E-state index in [1.165, 1.54) is 24.0 Å². The smallest absolute Gasteiger partial charge is 0.337 e. The largest absolute Gasteiger partial charge is 0.478 e. The number of hydrogen-bond acceptors (Lipinski definition) is 4. The summed E-state index contributed by atoms with van der Waals surface area (Å²) in [6, 6.07) is 9.36. The van der Waals surface area contributed by atoms with Crippen molar-refractivity contribution in [3.8, 4) is 0 Å². The predicted octanol–water partition coefficient (Wildman–Crippen LogP) is 2.82. The molecule has 0 atom stereocenters. The Balaban J connectivity index is 2.33. The third-order valence-electron chi connectivity index (χ3n) is 2.45. The minimum absolute atomic E-state index is 0.0843. The number of aromatic nitrogens is 1. The molecule has 3 N–H and O–H groups in total. The van der Waals surface area contributed by atoms with Crippen molar-refractivity contribution in [1.29, 1.82) is 0 Å². The fourth-order valence-electron chi connectivity index (χ4n) is 1.47. The molecule has 1 heterocycles. The molecule has 0 fully saturated rings. The molecule has 2 rings (SSSR count). The molecule has 0 spiro atoms. The summed E-state index contributed by atoms with van der Waals surface area (Å²) in [5.41, 5.74) is 6.95. The van der Waals surface area contributed by atoms with Crippen LogP contribution in [0.3, 0.4) is 0 Å². The Labute approximate surface area is 109 Å². The van der Waals surface area contributed by atoms with Gasteiger partial charge < -0.3 is 10.8 Å². The maximum atomic E-state index is 11.0. The first-order valence-electron chi connectivity index (χ1n) is 5.30. The highest BCUT2D eigenvalue weighted by Crippen LogP contribution is 2.30. The van der Waals surface area contributed by atoms with E-state index in [1.54, 1.807) is 0 Å². The average Bonchev–Trinajstić information content (AvgIpc) is 2.34. The third kappa shape index (κ3) is 2.62. The van der Waals surface area contributed by atoms with E-state index >= 15 is 0 Å². The van der Waals surface area contributed by atoms with Crippen molar-refractivity contribution in [2.45, 2.75) is 16.8 Å². The van der Waals surface area contributed by atoms with Crippen LogP contribution in [0.25, 0.3) is 0 Å². The van der Waals surface area contributed by atoms with Crippen LogP contribution in [0, 0.1) is 6.92 Å². The molecule has 0 saturated carbocycles. The first-order valence-corrected chi connectivity index (χ1v) is 6.12. The number of nitrogens with zero attached hydrogens (tertiary/aromatic N) is 1. The summed E-state index contributed by atoms with van der Waals surface area (Å²) in [5, 5.41) is 9.61. The number of pyridine rings is 1. The molecule has 0 aliphatic heterocycles. The van der Waals surface area contributed by atoms with Crippen LogP contribution < -0.4 is 5.73 Å². The number of benzene rings is 1. The van der Waals surface area contributed by atoms with Crippen LogP contribution >= 0.6 is 11.8 Å². The number of carboxylic acids is 1. The zero-order valence-electron chi connectivity index (χ0n) is 9.75. The lowest BCUT2D eigenvalue weighted by Gasteiger charge is -2.06. The number of rotatable bonds is 3.